The molecule has 0 radical (unpaired) electrons. The molecule has 0 aliphatic rings. The van der Waals surface area contributed by atoms with Gasteiger partial charge >= 0.3 is 0 Å². The van der Waals surface area contributed by atoms with Crippen molar-refractivity contribution in [3.8, 4) is 5.75 Å². The molecule has 0 bridgehead atoms. The third-order valence-corrected chi connectivity index (χ3v) is 4.13. The number of non-ortho nitro benzene ring substituents is 1. The van der Waals surface area contributed by atoms with Gasteiger partial charge in [0.25, 0.3) is 11.6 Å². The fourth-order valence-corrected chi connectivity index (χ4v) is 2.75. The molecule has 2 N–H and O–H groups in total. The Morgan fingerprint density at radius 2 is 2.04 bits per heavy atom. The second-order valence-electron chi connectivity index (χ2n) is 6.07. The molecular formula is C18H18BrN3O4S. The summed E-state index contributed by atoms with van der Waals surface area (Å²) in [7, 11) is 0. The lowest BCUT2D eigenvalue weighted by molar-refractivity contribution is -0.384. The lowest BCUT2D eigenvalue weighted by Gasteiger charge is -2.12. The van der Waals surface area contributed by atoms with Crippen LogP contribution in [0.15, 0.2) is 46.9 Å². The number of halogens is 1. The van der Waals surface area contributed by atoms with Crippen LogP contribution in [-0.4, -0.2) is 22.5 Å². The minimum absolute atomic E-state index is 0.0387. The Kier molecular flexibility index (Phi) is 7.26. The van der Waals surface area contributed by atoms with Gasteiger partial charge in [0.2, 0.25) is 0 Å². The molecule has 142 valence electrons. The predicted molar refractivity (Wildman–Crippen MR) is 111 cm³/mol. The van der Waals surface area contributed by atoms with Crippen LogP contribution in [-0.2, 0) is 0 Å². The second-order valence-corrected chi connectivity index (χ2v) is 7.33. The van der Waals surface area contributed by atoms with Crippen LogP contribution >= 0.6 is 28.1 Å². The van der Waals surface area contributed by atoms with Gasteiger partial charge in [0.05, 0.1) is 16.0 Å². The van der Waals surface area contributed by atoms with Crippen LogP contribution in [0.3, 0.4) is 0 Å². The first-order chi connectivity index (χ1) is 12.8. The molecule has 2 rings (SSSR count). The summed E-state index contributed by atoms with van der Waals surface area (Å²) in [5, 5.41) is 16.1. The first-order valence-electron chi connectivity index (χ1n) is 8.05. The third kappa shape index (κ3) is 6.30. The molecule has 9 heteroatoms. The first-order valence-corrected chi connectivity index (χ1v) is 9.25. The van der Waals surface area contributed by atoms with Gasteiger partial charge in [-0.15, -0.1) is 0 Å². The second kappa shape index (κ2) is 9.43. The summed E-state index contributed by atoms with van der Waals surface area (Å²) in [5.74, 6) is 0.628. The number of nitro groups is 1. The maximum Gasteiger partial charge on any atom is 0.271 e. The number of hydrogen-bond acceptors (Lipinski definition) is 5. The van der Waals surface area contributed by atoms with Crippen LogP contribution in [0.5, 0.6) is 5.75 Å². The summed E-state index contributed by atoms with van der Waals surface area (Å²) in [4.78, 5) is 22.6. The number of thiocarbonyl (C=S) groups is 1. The van der Waals surface area contributed by atoms with Crippen molar-refractivity contribution in [1.82, 2.24) is 5.32 Å². The molecule has 0 aliphatic heterocycles. The average Bonchev–Trinajstić information content (AvgIpc) is 2.60. The third-order valence-electron chi connectivity index (χ3n) is 3.31. The summed E-state index contributed by atoms with van der Waals surface area (Å²) >= 11 is 8.49. The summed E-state index contributed by atoms with van der Waals surface area (Å²) < 4.78 is 6.31. The highest BCUT2D eigenvalue weighted by Crippen LogP contribution is 2.26. The number of ether oxygens (including phenoxy) is 1. The van der Waals surface area contributed by atoms with E-state index in [1.165, 1.54) is 18.2 Å². The molecule has 0 heterocycles. The summed E-state index contributed by atoms with van der Waals surface area (Å²) in [5.41, 5.74) is 0.727. The molecule has 0 fully saturated rings. The molecule has 2 aromatic rings. The van der Waals surface area contributed by atoms with Crippen LogP contribution in [0.25, 0.3) is 0 Å². The SMILES string of the molecule is CC(C)COc1ccc(C(=O)NC(=S)Nc2cccc([N+](=O)[O-])c2)cc1Br. The number of carbonyl (C=O) groups excluding carboxylic acids is 1. The van der Waals surface area contributed by atoms with E-state index in [0.717, 1.165) is 0 Å². The predicted octanol–water partition coefficient (Wildman–Crippen LogP) is 4.52. The van der Waals surface area contributed by atoms with Gasteiger partial charge in [0.15, 0.2) is 5.11 Å². The van der Waals surface area contributed by atoms with E-state index >= 15 is 0 Å². The van der Waals surface area contributed by atoms with Gasteiger partial charge in [-0.05, 0) is 58.3 Å². The van der Waals surface area contributed by atoms with Crippen molar-refractivity contribution in [1.29, 1.82) is 0 Å². The highest BCUT2D eigenvalue weighted by Gasteiger charge is 2.12. The monoisotopic (exact) mass is 451 g/mol. The van der Waals surface area contributed by atoms with E-state index in [2.05, 4.69) is 26.6 Å². The molecule has 0 saturated carbocycles. The van der Waals surface area contributed by atoms with Crippen LogP contribution in [0.4, 0.5) is 11.4 Å². The fourth-order valence-electron chi connectivity index (χ4n) is 2.05. The lowest BCUT2D eigenvalue weighted by Crippen LogP contribution is -2.34. The number of nitro benzene ring substituents is 1. The van der Waals surface area contributed by atoms with E-state index in [0.29, 0.717) is 34.0 Å². The molecule has 27 heavy (non-hydrogen) atoms. The highest BCUT2D eigenvalue weighted by atomic mass is 79.9. The van der Waals surface area contributed by atoms with E-state index in [-0.39, 0.29) is 10.8 Å². The normalized spacial score (nSPS) is 10.4. The van der Waals surface area contributed by atoms with Crippen LogP contribution in [0.2, 0.25) is 0 Å². The van der Waals surface area contributed by atoms with Gasteiger partial charge in [-0.25, -0.2) is 0 Å². The zero-order chi connectivity index (χ0) is 20.0. The smallest absolute Gasteiger partial charge is 0.271 e. The zero-order valence-electron chi connectivity index (χ0n) is 14.7. The molecule has 7 nitrogen and oxygen atoms in total. The van der Waals surface area contributed by atoms with E-state index in [1.54, 1.807) is 24.3 Å². The topological polar surface area (TPSA) is 93.5 Å². The molecule has 0 aliphatic carbocycles. The van der Waals surface area contributed by atoms with Gasteiger partial charge in [0, 0.05) is 23.4 Å². The van der Waals surface area contributed by atoms with E-state index in [1.807, 2.05) is 13.8 Å². The highest BCUT2D eigenvalue weighted by molar-refractivity contribution is 9.10. The average molecular weight is 452 g/mol. The first kappa shape index (κ1) is 20.8. The van der Waals surface area contributed by atoms with Crippen molar-refractivity contribution in [2.75, 3.05) is 11.9 Å². The van der Waals surface area contributed by atoms with Crippen molar-refractivity contribution >= 4 is 50.5 Å². The van der Waals surface area contributed by atoms with Crippen molar-refractivity contribution in [2.24, 2.45) is 5.92 Å². The lowest BCUT2D eigenvalue weighted by atomic mass is 10.2. The standard InChI is InChI=1S/C18H18BrN3O4S/c1-11(2)10-26-16-7-6-12(8-15(16)19)17(23)21-18(27)20-13-4-3-5-14(9-13)22(24)25/h3-9,11H,10H2,1-2H3,(H2,20,21,23,27). The van der Waals surface area contributed by atoms with Crippen molar-refractivity contribution in [2.45, 2.75) is 13.8 Å². The van der Waals surface area contributed by atoms with Gasteiger partial charge in [-0.1, -0.05) is 19.9 Å². The Labute approximate surface area is 170 Å². The number of nitrogens with one attached hydrogen (secondary N) is 2. The molecular weight excluding hydrogens is 434 g/mol. The van der Waals surface area contributed by atoms with Crippen LogP contribution < -0.4 is 15.4 Å². The number of carbonyl (C=O) groups is 1. The maximum atomic E-state index is 12.3. The van der Waals surface area contributed by atoms with Gasteiger partial charge < -0.3 is 10.1 Å². The van der Waals surface area contributed by atoms with Gasteiger partial charge in [-0.2, -0.15) is 0 Å². The van der Waals surface area contributed by atoms with Crippen molar-refractivity contribution < 1.29 is 14.5 Å². The number of benzene rings is 2. The van der Waals surface area contributed by atoms with E-state index < -0.39 is 10.8 Å². The van der Waals surface area contributed by atoms with Crippen molar-refractivity contribution in [3.05, 3.63) is 62.6 Å². The quantitative estimate of drug-likeness (QED) is 0.380. The molecule has 0 aromatic heterocycles. The molecule has 0 atom stereocenters. The number of nitrogens with zero attached hydrogens (tertiary/aromatic N) is 1. The van der Waals surface area contributed by atoms with Gasteiger partial charge in [-0.3, -0.25) is 20.2 Å². The van der Waals surface area contributed by atoms with Crippen LogP contribution in [0, 0.1) is 16.0 Å². The zero-order valence-corrected chi connectivity index (χ0v) is 17.1. The number of hydrogen-bond donors (Lipinski definition) is 2. The summed E-state index contributed by atoms with van der Waals surface area (Å²) in [6.45, 7) is 4.66. The largest absolute Gasteiger partial charge is 0.492 e. The van der Waals surface area contributed by atoms with Crippen LogP contribution in [0.1, 0.15) is 24.2 Å². The molecule has 2 aromatic carbocycles. The van der Waals surface area contributed by atoms with Gasteiger partial charge in [0.1, 0.15) is 5.75 Å². The minimum atomic E-state index is -0.507. The fraction of sp³-hybridized carbons (Fsp3) is 0.222. The Balaban J connectivity index is 2.00. The summed E-state index contributed by atoms with van der Waals surface area (Å²) in [6, 6.07) is 10.8. The Hall–Kier alpha value is -2.52. The van der Waals surface area contributed by atoms with E-state index in [9.17, 15) is 14.9 Å². The molecule has 0 spiro atoms. The Bertz CT molecular complexity index is 873. The Morgan fingerprint density at radius 1 is 1.30 bits per heavy atom. The molecule has 0 saturated heterocycles. The minimum Gasteiger partial charge on any atom is -0.492 e. The number of rotatable bonds is 6. The van der Waals surface area contributed by atoms with E-state index in [4.69, 9.17) is 17.0 Å². The Morgan fingerprint density at radius 3 is 2.67 bits per heavy atom. The summed E-state index contributed by atoms with van der Waals surface area (Å²) in [6.07, 6.45) is 0. The molecule has 1 amide bonds. The maximum absolute atomic E-state index is 12.3. The number of anilines is 1. The number of amides is 1. The molecule has 0 unspecified atom stereocenters. The van der Waals surface area contributed by atoms with Crippen molar-refractivity contribution in [3.63, 3.8) is 0 Å².